The van der Waals surface area contributed by atoms with Crippen molar-refractivity contribution in [1.29, 1.82) is 0 Å². The van der Waals surface area contributed by atoms with Crippen LogP contribution in [0.4, 0.5) is 4.39 Å². The van der Waals surface area contributed by atoms with Crippen molar-refractivity contribution >= 4 is 55.3 Å². The van der Waals surface area contributed by atoms with Gasteiger partial charge in [-0.1, -0.05) is 0 Å². The summed E-state index contributed by atoms with van der Waals surface area (Å²) in [5, 5.41) is 0.341. The average Bonchev–Trinajstić information content (AvgIpc) is 3.27. The number of fused-ring (bicyclic) bond motifs is 2. The molecule has 1 aliphatic carbocycles. The fraction of sp³-hybridized carbons (Fsp3) is 0.333. The van der Waals surface area contributed by atoms with E-state index in [-0.39, 0.29) is 39.8 Å². The Morgan fingerprint density at radius 2 is 1.80 bits per heavy atom. The van der Waals surface area contributed by atoms with Gasteiger partial charge in [-0.15, -0.1) is 0 Å². The molecule has 0 fully saturated rings. The van der Waals surface area contributed by atoms with Gasteiger partial charge in [0.2, 0.25) is 10.0 Å². The van der Waals surface area contributed by atoms with Gasteiger partial charge in [-0.3, -0.25) is 9.59 Å². The van der Waals surface area contributed by atoms with Gasteiger partial charge in [-0.25, -0.2) is 16.8 Å². The molecule has 0 aliphatic heterocycles. The third-order valence-electron chi connectivity index (χ3n) is 6.13. The van der Waals surface area contributed by atoms with Crippen LogP contribution in [0.3, 0.4) is 0 Å². The maximum absolute atomic E-state index is 14.3. The Labute approximate surface area is 215 Å². The number of ketones is 1. The molecule has 4 rings (SSSR count). The SMILES string of the molecule is CCOC(=O)C1(Cc2cc3cc(F)c(I)cc3n2S(C)(=O)=O)Cc2cc(OC)c(OC)cc2C1=O. The molecule has 1 heterocycles. The smallest absolute Gasteiger partial charge is 0.320 e. The Morgan fingerprint density at radius 3 is 2.40 bits per heavy atom. The van der Waals surface area contributed by atoms with Crippen LogP contribution in [0.15, 0.2) is 30.3 Å². The van der Waals surface area contributed by atoms with Gasteiger partial charge in [0.25, 0.3) is 0 Å². The largest absolute Gasteiger partial charge is 0.493 e. The quantitative estimate of drug-likeness (QED) is 0.227. The molecule has 11 heteroatoms. The normalized spacial score (nSPS) is 17.5. The van der Waals surface area contributed by atoms with Gasteiger partial charge in [-0.2, -0.15) is 0 Å². The number of ether oxygens (including phenoxy) is 3. The van der Waals surface area contributed by atoms with Crippen LogP contribution >= 0.6 is 22.6 Å². The molecule has 0 saturated carbocycles. The molecule has 2 aromatic carbocycles. The highest BCUT2D eigenvalue weighted by Gasteiger charge is 2.54. The second-order valence-electron chi connectivity index (χ2n) is 8.34. The topological polar surface area (TPSA) is 101 Å². The van der Waals surface area contributed by atoms with Crippen molar-refractivity contribution in [2.75, 3.05) is 27.1 Å². The van der Waals surface area contributed by atoms with Crippen LogP contribution in [-0.4, -0.2) is 51.2 Å². The minimum Gasteiger partial charge on any atom is -0.493 e. The number of benzene rings is 2. The number of methoxy groups -OCH3 is 2. The van der Waals surface area contributed by atoms with E-state index in [0.717, 1.165) is 10.2 Å². The minimum atomic E-state index is -3.87. The number of hydrogen-bond donors (Lipinski definition) is 0. The van der Waals surface area contributed by atoms with E-state index >= 15 is 0 Å². The van der Waals surface area contributed by atoms with Crippen molar-refractivity contribution < 1.29 is 36.6 Å². The van der Waals surface area contributed by atoms with Gasteiger partial charge in [0, 0.05) is 23.1 Å². The summed E-state index contributed by atoms with van der Waals surface area (Å²) in [5.41, 5.74) is -0.435. The fourth-order valence-corrected chi connectivity index (χ4v) is 6.16. The Balaban J connectivity index is 1.93. The predicted octanol–water partition coefficient (Wildman–Crippen LogP) is 3.74. The lowest BCUT2D eigenvalue weighted by Crippen LogP contribution is -2.41. The first-order valence-corrected chi connectivity index (χ1v) is 13.6. The number of hydrogen-bond acceptors (Lipinski definition) is 7. The van der Waals surface area contributed by atoms with E-state index < -0.39 is 33.0 Å². The average molecular weight is 615 g/mol. The summed E-state index contributed by atoms with van der Waals surface area (Å²) in [6, 6.07) is 7.31. The lowest BCUT2D eigenvalue weighted by molar-refractivity contribution is -0.152. The standard InChI is InChI=1S/C24H23FINO7S/c1-5-34-23(29)24(11-14-8-20(32-2)21(33-3)9-16(14)22(24)28)12-15-6-13-7-17(25)18(26)10-19(13)27(15)35(4,30)31/h6-10H,5,11-12H2,1-4H3. The second kappa shape index (κ2) is 9.08. The number of carbonyl (C=O) groups excluding carboxylic acids is 2. The van der Waals surface area contributed by atoms with E-state index in [1.54, 1.807) is 35.6 Å². The molecule has 1 aromatic heterocycles. The van der Waals surface area contributed by atoms with Crippen LogP contribution in [0, 0.1) is 14.8 Å². The molecule has 35 heavy (non-hydrogen) atoms. The zero-order chi connectivity index (χ0) is 25.7. The molecule has 0 radical (unpaired) electrons. The van der Waals surface area contributed by atoms with Crippen LogP contribution in [0.1, 0.15) is 28.5 Å². The number of nitrogens with zero attached hydrogens (tertiary/aromatic N) is 1. The van der Waals surface area contributed by atoms with E-state index in [1.165, 1.54) is 38.5 Å². The van der Waals surface area contributed by atoms with Gasteiger partial charge in [0.05, 0.1) is 36.2 Å². The highest BCUT2D eigenvalue weighted by Crippen LogP contribution is 2.45. The van der Waals surface area contributed by atoms with Crippen LogP contribution in [0.2, 0.25) is 0 Å². The maximum Gasteiger partial charge on any atom is 0.320 e. The molecule has 186 valence electrons. The van der Waals surface area contributed by atoms with Gasteiger partial charge >= 0.3 is 5.97 Å². The molecular weight excluding hydrogens is 592 g/mol. The molecule has 1 atom stereocenters. The summed E-state index contributed by atoms with van der Waals surface area (Å²) >= 11 is 1.78. The summed E-state index contributed by atoms with van der Waals surface area (Å²) in [7, 11) is -0.971. The Kier molecular flexibility index (Phi) is 6.60. The number of rotatable bonds is 7. The number of halogens is 2. The molecule has 3 aromatic rings. The van der Waals surface area contributed by atoms with Crippen LogP contribution in [0.25, 0.3) is 10.9 Å². The summed E-state index contributed by atoms with van der Waals surface area (Å²) in [4.78, 5) is 27.1. The van der Waals surface area contributed by atoms with E-state index in [1.807, 2.05) is 0 Å². The lowest BCUT2D eigenvalue weighted by atomic mass is 9.79. The van der Waals surface area contributed by atoms with Crippen LogP contribution in [-0.2, 0) is 32.4 Å². The highest BCUT2D eigenvalue weighted by molar-refractivity contribution is 14.1. The first-order valence-electron chi connectivity index (χ1n) is 10.6. The van der Waals surface area contributed by atoms with Gasteiger partial charge in [0.1, 0.15) is 11.2 Å². The summed E-state index contributed by atoms with van der Waals surface area (Å²) in [6.07, 6.45) is 0.742. The molecule has 0 amide bonds. The zero-order valence-corrected chi connectivity index (χ0v) is 22.5. The summed E-state index contributed by atoms with van der Waals surface area (Å²) in [5.74, 6) is -1.04. The number of esters is 1. The van der Waals surface area contributed by atoms with Crippen LogP contribution in [0.5, 0.6) is 11.5 Å². The molecule has 0 bridgehead atoms. The molecule has 0 N–H and O–H groups in total. The third kappa shape index (κ3) is 4.18. The van der Waals surface area contributed by atoms with Gasteiger partial charge < -0.3 is 14.2 Å². The fourth-order valence-electron chi connectivity index (χ4n) is 4.65. The zero-order valence-electron chi connectivity index (χ0n) is 19.5. The number of aromatic nitrogens is 1. The van der Waals surface area contributed by atoms with Crippen molar-refractivity contribution in [2.24, 2.45) is 5.41 Å². The first kappa shape index (κ1) is 25.4. The second-order valence-corrected chi connectivity index (χ2v) is 11.3. The molecule has 0 saturated heterocycles. The number of carbonyl (C=O) groups is 2. The summed E-state index contributed by atoms with van der Waals surface area (Å²) < 4.78 is 57.1. The predicted molar refractivity (Wildman–Crippen MR) is 135 cm³/mol. The van der Waals surface area contributed by atoms with E-state index in [4.69, 9.17) is 14.2 Å². The first-order chi connectivity index (χ1) is 16.5. The third-order valence-corrected chi connectivity index (χ3v) is 8.05. The Morgan fingerprint density at radius 1 is 1.14 bits per heavy atom. The molecular formula is C24H23FINO7S. The number of Topliss-reactive ketones (excluding diaryl/α,β-unsaturated/α-hetero) is 1. The molecule has 1 aliphatic rings. The maximum atomic E-state index is 14.3. The lowest BCUT2D eigenvalue weighted by Gasteiger charge is -2.25. The van der Waals surface area contributed by atoms with Crippen molar-refractivity contribution in [3.63, 3.8) is 0 Å². The van der Waals surface area contributed by atoms with E-state index in [2.05, 4.69) is 0 Å². The Bertz CT molecular complexity index is 1480. The van der Waals surface area contributed by atoms with Gasteiger partial charge in [0.15, 0.2) is 17.3 Å². The monoisotopic (exact) mass is 615 g/mol. The van der Waals surface area contributed by atoms with Crippen LogP contribution < -0.4 is 9.47 Å². The summed E-state index contributed by atoms with van der Waals surface area (Å²) in [6.45, 7) is 1.66. The molecule has 0 spiro atoms. The highest BCUT2D eigenvalue weighted by atomic mass is 127. The Hall–Kier alpha value is -2.67. The van der Waals surface area contributed by atoms with Crippen molar-refractivity contribution in [3.8, 4) is 11.5 Å². The molecule has 1 unspecified atom stereocenters. The van der Waals surface area contributed by atoms with Gasteiger partial charge in [-0.05, 0) is 71.8 Å². The van der Waals surface area contributed by atoms with E-state index in [9.17, 15) is 22.4 Å². The van der Waals surface area contributed by atoms with E-state index in [0.29, 0.717) is 22.4 Å². The minimum absolute atomic E-state index is 0.0163. The van der Waals surface area contributed by atoms with Crippen molar-refractivity contribution in [3.05, 3.63) is 56.5 Å². The van der Waals surface area contributed by atoms with Crippen molar-refractivity contribution in [2.45, 2.75) is 19.8 Å². The molecule has 8 nitrogen and oxygen atoms in total. The van der Waals surface area contributed by atoms with Crippen molar-refractivity contribution in [1.82, 2.24) is 3.97 Å².